The predicted molar refractivity (Wildman–Crippen MR) is 81.1 cm³/mol. The monoisotopic (exact) mass is 345 g/mol. The second-order valence-corrected chi connectivity index (χ2v) is 6.26. The van der Waals surface area contributed by atoms with Gasteiger partial charge in [-0.15, -0.1) is 5.10 Å². The van der Waals surface area contributed by atoms with Gasteiger partial charge in [-0.2, -0.15) is 8.78 Å². The third-order valence-electron chi connectivity index (χ3n) is 2.50. The number of rotatable bonds is 7. The molecule has 1 heterocycles. The summed E-state index contributed by atoms with van der Waals surface area (Å²) in [4.78, 5) is 12.2. The van der Waals surface area contributed by atoms with Crippen LogP contribution in [0.3, 0.4) is 0 Å². The molecule has 0 saturated carbocycles. The molecule has 118 valence electrons. The minimum atomic E-state index is -2.45. The molecule has 0 atom stereocenters. The molecule has 6 nitrogen and oxygen atoms in total. The summed E-state index contributed by atoms with van der Waals surface area (Å²) in [5.74, 6) is -2.07. The van der Waals surface area contributed by atoms with E-state index in [1.165, 1.54) is 16.4 Å². The van der Waals surface area contributed by atoms with Gasteiger partial charge in [0.25, 0.3) is 5.76 Å². The molecule has 0 saturated heterocycles. The zero-order valence-corrected chi connectivity index (χ0v) is 13.2. The Bertz CT molecular complexity index is 620. The molecule has 1 aromatic carbocycles. The van der Waals surface area contributed by atoms with Crippen LogP contribution in [0.2, 0.25) is 0 Å². The van der Waals surface area contributed by atoms with E-state index in [-0.39, 0.29) is 5.91 Å². The van der Waals surface area contributed by atoms with Gasteiger partial charge in [-0.1, -0.05) is 23.5 Å². The number of carbonyl (C=O) groups is 1. The van der Waals surface area contributed by atoms with E-state index < -0.39 is 5.76 Å². The number of nitrogens with one attached hydrogen (secondary N) is 1. The van der Waals surface area contributed by atoms with E-state index in [4.69, 9.17) is 0 Å². The van der Waals surface area contributed by atoms with Crippen LogP contribution in [0.1, 0.15) is 6.42 Å². The number of aryl methyl sites for hydroxylation is 1. The molecule has 1 aromatic heterocycles. The number of anilines is 1. The fourth-order valence-corrected chi connectivity index (χ4v) is 2.81. The van der Waals surface area contributed by atoms with E-state index in [2.05, 4.69) is 20.8 Å². The van der Waals surface area contributed by atoms with Crippen molar-refractivity contribution in [1.82, 2.24) is 20.2 Å². The second kappa shape index (κ2) is 8.08. The first-order chi connectivity index (χ1) is 10.5. The van der Waals surface area contributed by atoms with Crippen molar-refractivity contribution in [3.8, 4) is 0 Å². The number of amides is 1. The Morgan fingerprint density at radius 3 is 2.68 bits per heavy atom. The molecule has 0 fully saturated rings. The molecular weight excluding hydrogens is 332 g/mol. The normalized spacial score (nSPS) is 10.9. The van der Waals surface area contributed by atoms with E-state index >= 15 is 0 Å². The molecule has 0 radical (unpaired) electrons. The summed E-state index contributed by atoms with van der Waals surface area (Å²) in [6.07, 6.45) is 0.297. The Kier molecular flexibility index (Phi) is 6.13. The number of halogens is 2. The van der Waals surface area contributed by atoms with Crippen molar-refractivity contribution in [2.75, 3.05) is 11.1 Å². The number of thioether (sulfide) groups is 2. The van der Waals surface area contributed by atoms with Gasteiger partial charge in [0.1, 0.15) is 0 Å². The smallest absolute Gasteiger partial charge is 0.288 e. The first kappa shape index (κ1) is 16.7. The first-order valence-corrected chi connectivity index (χ1v) is 8.11. The number of alkyl halides is 2. The van der Waals surface area contributed by atoms with Gasteiger partial charge in [-0.25, -0.2) is 4.68 Å². The van der Waals surface area contributed by atoms with Crippen LogP contribution in [-0.2, 0) is 11.8 Å². The zero-order valence-electron chi connectivity index (χ0n) is 11.6. The fraction of sp³-hybridized carbons (Fsp3) is 0.333. The summed E-state index contributed by atoms with van der Waals surface area (Å²) in [5, 5.41) is 14.3. The van der Waals surface area contributed by atoms with E-state index in [1.54, 1.807) is 31.3 Å². The van der Waals surface area contributed by atoms with E-state index in [9.17, 15) is 13.6 Å². The quantitative estimate of drug-likeness (QED) is 0.778. The van der Waals surface area contributed by atoms with Crippen molar-refractivity contribution in [1.29, 1.82) is 0 Å². The molecule has 0 aliphatic heterocycles. The number of nitrogens with zero attached hydrogens (tertiary/aromatic N) is 4. The molecule has 10 heteroatoms. The van der Waals surface area contributed by atoms with Crippen LogP contribution in [0.4, 0.5) is 14.5 Å². The van der Waals surface area contributed by atoms with Gasteiger partial charge in [0.15, 0.2) is 0 Å². The summed E-state index contributed by atoms with van der Waals surface area (Å²) in [6, 6.07) is 6.30. The van der Waals surface area contributed by atoms with Crippen LogP contribution in [0.15, 0.2) is 34.3 Å². The lowest BCUT2D eigenvalue weighted by molar-refractivity contribution is -0.115. The average Bonchev–Trinajstić information content (AvgIpc) is 2.86. The summed E-state index contributed by atoms with van der Waals surface area (Å²) >= 11 is 1.85. The average molecular weight is 345 g/mol. The lowest BCUT2D eigenvalue weighted by Crippen LogP contribution is -2.12. The third-order valence-corrected chi connectivity index (χ3v) is 4.24. The Balaban J connectivity index is 1.76. The highest BCUT2D eigenvalue weighted by molar-refractivity contribution is 7.99. The molecule has 2 aromatic rings. The third kappa shape index (κ3) is 5.26. The number of aromatic nitrogens is 4. The van der Waals surface area contributed by atoms with Gasteiger partial charge < -0.3 is 5.32 Å². The number of carbonyl (C=O) groups excluding carboxylic acids is 1. The summed E-state index contributed by atoms with van der Waals surface area (Å²) in [7, 11) is 1.72. The van der Waals surface area contributed by atoms with Gasteiger partial charge >= 0.3 is 0 Å². The SMILES string of the molecule is Cn1nnnc1SCCC(=O)Nc1ccc(SC(F)F)cc1. The molecular formula is C12H13F2N5OS2. The van der Waals surface area contributed by atoms with Crippen molar-refractivity contribution in [2.24, 2.45) is 7.05 Å². The largest absolute Gasteiger partial charge is 0.326 e. The maximum atomic E-state index is 12.2. The van der Waals surface area contributed by atoms with Crippen LogP contribution < -0.4 is 5.32 Å². The zero-order chi connectivity index (χ0) is 15.9. The van der Waals surface area contributed by atoms with Crippen molar-refractivity contribution < 1.29 is 13.6 Å². The summed E-state index contributed by atoms with van der Waals surface area (Å²) in [6.45, 7) is 0. The van der Waals surface area contributed by atoms with Crippen LogP contribution in [0.25, 0.3) is 0 Å². The van der Waals surface area contributed by atoms with Crippen molar-refractivity contribution >= 4 is 35.1 Å². The van der Waals surface area contributed by atoms with Crippen molar-refractivity contribution in [3.05, 3.63) is 24.3 Å². The van der Waals surface area contributed by atoms with Crippen LogP contribution in [0.5, 0.6) is 0 Å². The van der Waals surface area contributed by atoms with Crippen LogP contribution >= 0.6 is 23.5 Å². The van der Waals surface area contributed by atoms with Gasteiger partial charge in [0.05, 0.1) is 0 Å². The molecule has 0 bridgehead atoms. The molecule has 2 rings (SSSR count). The van der Waals surface area contributed by atoms with Gasteiger partial charge in [-0.05, 0) is 34.7 Å². The van der Waals surface area contributed by atoms with Crippen molar-refractivity contribution in [3.63, 3.8) is 0 Å². The molecule has 1 amide bonds. The first-order valence-electron chi connectivity index (χ1n) is 6.24. The molecule has 1 N–H and O–H groups in total. The molecule has 0 aliphatic rings. The Hall–Kier alpha value is -1.68. The Labute approximate surface area is 134 Å². The Morgan fingerprint density at radius 2 is 2.09 bits per heavy atom. The molecule has 22 heavy (non-hydrogen) atoms. The Morgan fingerprint density at radius 1 is 1.36 bits per heavy atom. The predicted octanol–water partition coefficient (Wildman–Crippen LogP) is 2.65. The van der Waals surface area contributed by atoms with Crippen molar-refractivity contribution in [2.45, 2.75) is 22.2 Å². The number of hydrogen-bond acceptors (Lipinski definition) is 6. The van der Waals surface area contributed by atoms with Gasteiger partial charge in [0, 0.05) is 29.8 Å². The second-order valence-electron chi connectivity index (χ2n) is 4.13. The molecule has 0 unspecified atom stereocenters. The number of hydrogen-bond donors (Lipinski definition) is 1. The van der Waals surface area contributed by atoms with E-state index in [1.807, 2.05) is 0 Å². The fourth-order valence-electron chi connectivity index (χ4n) is 1.52. The molecule has 0 spiro atoms. The summed E-state index contributed by atoms with van der Waals surface area (Å²) < 4.78 is 25.9. The van der Waals surface area contributed by atoms with Gasteiger partial charge in [0.2, 0.25) is 11.1 Å². The highest BCUT2D eigenvalue weighted by Gasteiger charge is 2.08. The standard InChI is InChI=1S/C12H13F2N5OS2/c1-19-12(16-17-18-19)21-7-6-10(20)15-8-2-4-9(5-3-8)22-11(13)14/h2-5,11H,6-7H2,1H3,(H,15,20). The number of benzene rings is 1. The van der Waals surface area contributed by atoms with E-state index in [0.717, 1.165) is 0 Å². The number of tetrazole rings is 1. The van der Waals surface area contributed by atoms with Crippen LogP contribution in [-0.4, -0.2) is 37.6 Å². The maximum absolute atomic E-state index is 12.2. The van der Waals surface area contributed by atoms with E-state index in [0.29, 0.717) is 39.7 Å². The van der Waals surface area contributed by atoms with Crippen LogP contribution in [0, 0.1) is 0 Å². The lowest BCUT2D eigenvalue weighted by Gasteiger charge is -2.06. The minimum Gasteiger partial charge on any atom is -0.326 e. The highest BCUT2D eigenvalue weighted by Crippen LogP contribution is 2.26. The minimum absolute atomic E-state index is 0.156. The lowest BCUT2D eigenvalue weighted by atomic mass is 10.3. The maximum Gasteiger partial charge on any atom is 0.288 e. The highest BCUT2D eigenvalue weighted by atomic mass is 32.2. The summed E-state index contributed by atoms with van der Waals surface area (Å²) in [5.41, 5.74) is 0.578. The molecule has 0 aliphatic carbocycles. The van der Waals surface area contributed by atoms with Gasteiger partial charge in [-0.3, -0.25) is 4.79 Å². The topological polar surface area (TPSA) is 72.7 Å².